The third-order valence-electron chi connectivity index (χ3n) is 2.65. The molecule has 1 radical (unpaired) electrons. The maximum atomic E-state index is 8.80. The molecule has 1 N–H and O–H groups in total. The van der Waals surface area contributed by atoms with Gasteiger partial charge in [0.1, 0.15) is 0 Å². The number of hydrogen-bond acceptors (Lipinski definition) is 1. The monoisotopic (exact) mass is 347 g/mol. The minimum absolute atomic E-state index is 0. The second-order valence-corrected chi connectivity index (χ2v) is 3.63. The first-order valence-corrected chi connectivity index (χ1v) is 5.19. The molecule has 0 spiro atoms. The van der Waals surface area contributed by atoms with Gasteiger partial charge in [0.2, 0.25) is 0 Å². The molecule has 0 heterocycles. The Balaban J connectivity index is 0. The molecule has 0 unspecified atom stereocenters. The fourth-order valence-electron chi connectivity index (χ4n) is 1.95. The molecule has 2 aliphatic carbocycles. The number of allylic oxidation sites excluding steroid dienone is 8. The van der Waals surface area contributed by atoms with Gasteiger partial charge in [-0.15, -0.1) is 11.6 Å². The molecule has 0 bridgehead atoms. The molecular weight excluding hydrogens is 334 g/mol. The quantitative estimate of drug-likeness (QED) is 0.528. The van der Waals surface area contributed by atoms with Crippen LogP contribution in [0.5, 0.6) is 0 Å². The fraction of sp³-hybridized carbons (Fsp3) is 0.385. The van der Waals surface area contributed by atoms with Crippen molar-refractivity contribution in [3.8, 4) is 0 Å². The van der Waals surface area contributed by atoms with Gasteiger partial charge in [-0.3, -0.25) is 0 Å². The van der Waals surface area contributed by atoms with Crippen LogP contribution in [0.3, 0.4) is 0 Å². The van der Waals surface area contributed by atoms with Crippen LogP contribution >= 0.6 is 0 Å². The Morgan fingerprint density at radius 1 is 1.18 bits per heavy atom. The van der Waals surface area contributed by atoms with Crippen LogP contribution < -0.4 is 24.8 Å². The van der Waals surface area contributed by atoms with Gasteiger partial charge in [0.25, 0.3) is 0 Å². The van der Waals surface area contributed by atoms with Crippen molar-refractivity contribution in [3.63, 3.8) is 0 Å². The van der Waals surface area contributed by atoms with E-state index in [-0.39, 0.29) is 57.6 Å². The molecular formula is C13H15Cl2OZr. The van der Waals surface area contributed by atoms with Crippen molar-refractivity contribution in [2.24, 2.45) is 0 Å². The fourth-order valence-corrected chi connectivity index (χ4v) is 1.95. The summed E-state index contributed by atoms with van der Waals surface area (Å²) in [4.78, 5) is 0. The summed E-state index contributed by atoms with van der Waals surface area (Å²) in [5, 5.41) is 8.80. The molecule has 17 heavy (non-hydrogen) atoms. The standard InChI is InChI=1S/C13H15O.2ClH.Zr/c14-10-4-8-12-7-3-9-13(12)11-5-1-2-6-11;;;/h1,3,5,7,14H,2,4,8-10H2;2*1H;/q-1;;;+3/p-2. The van der Waals surface area contributed by atoms with Crippen LogP contribution in [0, 0.1) is 6.08 Å². The van der Waals surface area contributed by atoms with E-state index in [0.29, 0.717) is 0 Å². The molecule has 4 heteroatoms. The van der Waals surface area contributed by atoms with Crippen LogP contribution in [-0.2, 0) is 26.2 Å². The summed E-state index contributed by atoms with van der Waals surface area (Å²) < 4.78 is 0. The summed E-state index contributed by atoms with van der Waals surface area (Å²) in [7, 11) is 0. The Kier molecular flexibility index (Phi) is 12.0. The number of halogens is 2. The summed E-state index contributed by atoms with van der Waals surface area (Å²) in [6.45, 7) is 0.281. The predicted molar refractivity (Wildman–Crippen MR) is 57.6 cm³/mol. The summed E-state index contributed by atoms with van der Waals surface area (Å²) in [5.41, 5.74) is 4.06. The van der Waals surface area contributed by atoms with E-state index in [4.69, 9.17) is 5.11 Å². The molecule has 0 aromatic heterocycles. The Bertz CT molecular complexity index is 343. The summed E-state index contributed by atoms with van der Waals surface area (Å²) >= 11 is 0. The van der Waals surface area contributed by atoms with Gasteiger partial charge in [0, 0.05) is 6.61 Å². The third-order valence-corrected chi connectivity index (χ3v) is 2.65. The molecule has 2 aliphatic rings. The van der Waals surface area contributed by atoms with E-state index in [1.807, 2.05) is 0 Å². The van der Waals surface area contributed by atoms with Gasteiger partial charge in [-0.25, -0.2) is 0 Å². The molecule has 91 valence electrons. The van der Waals surface area contributed by atoms with E-state index in [0.717, 1.165) is 25.7 Å². The smallest absolute Gasteiger partial charge is 1.00 e. The van der Waals surface area contributed by atoms with E-state index in [9.17, 15) is 0 Å². The average Bonchev–Trinajstić information content (AvgIpc) is 2.84. The summed E-state index contributed by atoms with van der Waals surface area (Å²) in [6, 6.07) is 0. The zero-order chi connectivity index (χ0) is 9.80. The van der Waals surface area contributed by atoms with Gasteiger partial charge in [-0.1, -0.05) is 30.6 Å². The van der Waals surface area contributed by atoms with Gasteiger partial charge in [-0.05, 0) is 12.8 Å². The molecule has 0 atom stereocenters. The largest absolute Gasteiger partial charge is 3.00 e. The van der Waals surface area contributed by atoms with E-state index < -0.39 is 0 Å². The van der Waals surface area contributed by atoms with Crippen molar-refractivity contribution in [2.45, 2.75) is 25.7 Å². The normalized spacial score (nSPS) is 16.2. The molecule has 0 saturated carbocycles. The summed E-state index contributed by atoms with van der Waals surface area (Å²) in [6.07, 6.45) is 15.9. The van der Waals surface area contributed by atoms with Gasteiger partial charge in [-0.2, -0.15) is 17.7 Å². The van der Waals surface area contributed by atoms with Crippen molar-refractivity contribution in [3.05, 3.63) is 47.1 Å². The van der Waals surface area contributed by atoms with Crippen molar-refractivity contribution in [1.29, 1.82) is 0 Å². The molecule has 0 saturated heterocycles. The Labute approximate surface area is 135 Å². The topological polar surface area (TPSA) is 20.2 Å². The van der Waals surface area contributed by atoms with Crippen molar-refractivity contribution >= 4 is 0 Å². The van der Waals surface area contributed by atoms with Crippen LogP contribution in [0.1, 0.15) is 25.7 Å². The van der Waals surface area contributed by atoms with Gasteiger partial charge >= 0.3 is 26.2 Å². The van der Waals surface area contributed by atoms with Crippen LogP contribution in [0.25, 0.3) is 0 Å². The van der Waals surface area contributed by atoms with Crippen LogP contribution in [-0.4, -0.2) is 11.7 Å². The van der Waals surface area contributed by atoms with Crippen molar-refractivity contribution in [2.75, 3.05) is 6.61 Å². The molecule has 0 aliphatic heterocycles. The zero-order valence-corrected chi connectivity index (χ0v) is 13.5. The number of rotatable bonds is 4. The number of aliphatic hydroxyl groups excluding tert-OH is 1. The Morgan fingerprint density at radius 2 is 1.94 bits per heavy atom. The third kappa shape index (κ3) is 5.26. The zero-order valence-electron chi connectivity index (χ0n) is 9.55. The second kappa shape index (κ2) is 10.3. The maximum absolute atomic E-state index is 8.80. The van der Waals surface area contributed by atoms with Crippen molar-refractivity contribution in [1.82, 2.24) is 0 Å². The minimum atomic E-state index is 0. The molecule has 0 fully saturated rings. The second-order valence-electron chi connectivity index (χ2n) is 3.63. The molecule has 0 aromatic rings. The molecule has 2 rings (SSSR count). The van der Waals surface area contributed by atoms with Crippen LogP contribution in [0.2, 0.25) is 0 Å². The van der Waals surface area contributed by atoms with Gasteiger partial charge in [0.15, 0.2) is 0 Å². The van der Waals surface area contributed by atoms with E-state index >= 15 is 0 Å². The molecule has 0 amide bonds. The first kappa shape index (κ1) is 19.7. The SMILES string of the molecule is OCCCC1=C(C2=[C-]CC=C2)CC=C1.[Cl-].[Cl-].[Zr+3]. The molecule has 1 nitrogen and oxygen atoms in total. The maximum Gasteiger partial charge on any atom is 3.00 e. The van der Waals surface area contributed by atoms with Gasteiger partial charge in [0.05, 0.1) is 0 Å². The van der Waals surface area contributed by atoms with Crippen LogP contribution in [0.15, 0.2) is 41.0 Å². The number of hydrogen-bond donors (Lipinski definition) is 1. The molecule has 0 aromatic carbocycles. The van der Waals surface area contributed by atoms with E-state index in [1.54, 1.807) is 0 Å². The first-order valence-electron chi connectivity index (χ1n) is 5.19. The Morgan fingerprint density at radius 3 is 2.53 bits per heavy atom. The number of aliphatic hydroxyl groups is 1. The van der Waals surface area contributed by atoms with E-state index in [1.165, 1.54) is 16.7 Å². The average molecular weight is 349 g/mol. The van der Waals surface area contributed by atoms with Crippen LogP contribution in [0.4, 0.5) is 0 Å². The first-order chi connectivity index (χ1) is 6.92. The predicted octanol–water partition coefficient (Wildman–Crippen LogP) is -3.29. The van der Waals surface area contributed by atoms with Crippen molar-refractivity contribution < 1.29 is 56.1 Å². The summed E-state index contributed by atoms with van der Waals surface area (Å²) in [5.74, 6) is 0. The van der Waals surface area contributed by atoms with Gasteiger partial charge < -0.3 is 29.9 Å². The minimum Gasteiger partial charge on any atom is -1.00 e. The van der Waals surface area contributed by atoms with E-state index in [2.05, 4.69) is 30.4 Å². The Hall–Kier alpha value is 0.383.